The predicted molar refractivity (Wildman–Crippen MR) is 119 cm³/mol. The molecule has 34 heavy (non-hydrogen) atoms. The third kappa shape index (κ3) is 4.60. The Morgan fingerprint density at radius 2 is 1.91 bits per heavy atom. The molecule has 2 aromatic heterocycles. The molecule has 0 fully saturated rings. The van der Waals surface area contributed by atoms with Gasteiger partial charge in [0, 0.05) is 23.1 Å². The van der Waals surface area contributed by atoms with Crippen LogP contribution in [0.5, 0.6) is 11.5 Å². The third-order valence-electron chi connectivity index (χ3n) is 5.12. The van der Waals surface area contributed by atoms with Crippen LogP contribution in [0.25, 0.3) is 11.3 Å². The van der Waals surface area contributed by atoms with Crippen molar-refractivity contribution < 1.29 is 27.4 Å². The maximum Gasteiger partial charge on any atom is 0.416 e. The highest BCUT2D eigenvalue weighted by molar-refractivity contribution is 7.15. The van der Waals surface area contributed by atoms with E-state index in [1.54, 1.807) is 24.3 Å². The number of hydrogen-bond acceptors (Lipinski definition) is 6. The fourth-order valence-electron chi connectivity index (χ4n) is 3.55. The lowest BCUT2D eigenvalue weighted by Crippen LogP contribution is -2.15. The Balaban J connectivity index is 1.30. The lowest BCUT2D eigenvalue weighted by atomic mass is 10.1. The van der Waals surface area contributed by atoms with Gasteiger partial charge >= 0.3 is 6.18 Å². The number of aromatic nitrogens is 3. The van der Waals surface area contributed by atoms with Gasteiger partial charge in [-0.05, 0) is 29.8 Å². The summed E-state index contributed by atoms with van der Waals surface area (Å²) in [6.07, 6.45) is -1.18. The normalized spacial score (nSPS) is 13.0. The molecule has 4 aromatic rings. The number of nitrogens with zero attached hydrogens (tertiary/aromatic N) is 2. The van der Waals surface area contributed by atoms with E-state index >= 15 is 0 Å². The number of carbonyl (C=O) groups excluding carboxylic acids is 1. The molecule has 0 unspecified atom stereocenters. The number of aromatic amines is 1. The number of anilines is 1. The van der Waals surface area contributed by atoms with Gasteiger partial charge in [-0.25, -0.2) is 4.98 Å². The summed E-state index contributed by atoms with van der Waals surface area (Å²) in [4.78, 5) is 17.8. The van der Waals surface area contributed by atoms with Crippen LogP contribution in [0.2, 0.25) is 0 Å². The SMILES string of the molecule is O=C(Nc1ncc(Cc2cccc(C(F)(F)F)c2)s1)c1cn[nH]c1-c1ccc2c(c1)OCCO2. The van der Waals surface area contributed by atoms with Gasteiger partial charge in [0.2, 0.25) is 0 Å². The number of fused-ring (bicyclic) bond motifs is 1. The van der Waals surface area contributed by atoms with E-state index in [1.807, 2.05) is 0 Å². The van der Waals surface area contributed by atoms with Crippen LogP contribution < -0.4 is 14.8 Å². The Bertz CT molecular complexity index is 1350. The molecule has 0 saturated heterocycles. The minimum absolute atomic E-state index is 0.269. The molecule has 2 aromatic carbocycles. The molecule has 0 aliphatic carbocycles. The molecule has 1 aliphatic heterocycles. The first-order chi connectivity index (χ1) is 16.4. The number of amides is 1. The molecule has 0 spiro atoms. The van der Waals surface area contributed by atoms with Crippen LogP contribution in [0, 0.1) is 0 Å². The zero-order valence-electron chi connectivity index (χ0n) is 17.5. The van der Waals surface area contributed by atoms with Crippen molar-refractivity contribution >= 4 is 22.4 Å². The number of carbonyl (C=O) groups is 1. The van der Waals surface area contributed by atoms with Gasteiger partial charge < -0.3 is 9.47 Å². The fraction of sp³-hybridized carbons (Fsp3) is 0.174. The molecular formula is C23H17F3N4O3S. The van der Waals surface area contributed by atoms with Gasteiger partial charge in [0.15, 0.2) is 16.6 Å². The van der Waals surface area contributed by atoms with Gasteiger partial charge in [0.05, 0.1) is 23.0 Å². The molecule has 2 N–H and O–H groups in total. The van der Waals surface area contributed by atoms with Gasteiger partial charge in [-0.1, -0.05) is 18.2 Å². The fourth-order valence-corrected chi connectivity index (χ4v) is 4.39. The first-order valence-corrected chi connectivity index (χ1v) is 11.0. The lowest BCUT2D eigenvalue weighted by Gasteiger charge is -2.18. The summed E-state index contributed by atoms with van der Waals surface area (Å²) in [6, 6.07) is 10.5. The molecule has 1 amide bonds. The van der Waals surface area contributed by atoms with Crippen molar-refractivity contribution in [2.24, 2.45) is 0 Å². The van der Waals surface area contributed by atoms with Crippen LogP contribution in [0.15, 0.2) is 54.9 Å². The van der Waals surface area contributed by atoms with Gasteiger partial charge in [0.1, 0.15) is 13.2 Å². The predicted octanol–water partition coefficient (Wildman–Crippen LogP) is 5.17. The highest BCUT2D eigenvalue weighted by atomic mass is 32.1. The minimum Gasteiger partial charge on any atom is -0.486 e. The summed E-state index contributed by atoms with van der Waals surface area (Å²) in [5.74, 6) is 0.805. The topological polar surface area (TPSA) is 89.1 Å². The van der Waals surface area contributed by atoms with Crippen molar-refractivity contribution in [2.75, 3.05) is 18.5 Å². The zero-order valence-corrected chi connectivity index (χ0v) is 18.3. The Morgan fingerprint density at radius 3 is 2.74 bits per heavy atom. The summed E-state index contributed by atoms with van der Waals surface area (Å²) in [5, 5.41) is 9.90. The summed E-state index contributed by atoms with van der Waals surface area (Å²) in [5.41, 5.74) is 1.33. The van der Waals surface area contributed by atoms with Gasteiger partial charge in [-0.2, -0.15) is 18.3 Å². The summed E-state index contributed by atoms with van der Waals surface area (Å²) in [7, 11) is 0. The van der Waals surface area contributed by atoms with E-state index in [2.05, 4.69) is 20.5 Å². The molecule has 174 valence electrons. The quantitative estimate of drug-likeness (QED) is 0.407. The molecule has 0 atom stereocenters. The second-order valence-corrected chi connectivity index (χ2v) is 8.59. The highest BCUT2D eigenvalue weighted by Crippen LogP contribution is 2.35. The number of hydrogen-bond donors (Lipinski definition) is 2. The number of ether oxygens (including phenoxy) is 2. The Kier molecular flexibility index (Phi) is 5.70. The molecule has 5 rings (SSSR count). The van der Waals surface area contributed by atoms with E-state index in [-0.39, 0.29) is 6.42 Å². The second kappa shape index (κ2) is 8.82. The molecule has 1 aliphatic rings. The number of benzene rings is 2. The van der Waals surface area contributed by atoms with E-state index in [4.69, 9.17) is 9.47 Å². The molecule has 0 bridgehead atoms. The zero-order chi connectivity index (χ0) is 23.7. The van der Waals surface area contributed by atoms with E-state index in [0.29, 0.717) is 57.1 Å². The first-order valence-electron chi connectivity index (χ1n) is 10.2. The molecule has 0 radical (unpaired) electrons. The van der Waals surface area contributed by atoms with Crippen LogP contribution in [0.4, 0.5) is 18.3 Å². The maximum atomic E-state index is 12.9. The summed E-state index contributed by atoms with van der Waals surface area (Å²) >= 11 is 1.20. The molecule has 7 nitrogen and oxygen atoms in total. The van der Waals surface area contributed by atoms with Crippen molar-refractivity contribution in [3.05, 3.63) is 76.4 Å². The average molecular weight is 486 g/mol. The molecular weight excluding hydrogens is 469 g/mol. The van der Waals surface area contributed by atoms with E-state index in [0.717, 1.165) is 12.1 Å². The third-order valence-corrected chi connectivity index (χ3v) is 6.03. The van der Waals surface area contributed by atoms with Crippen molar-refractivity contribution in [3.8, 4) is 22.8 Å². The van der Waals surface area contributed by atoms with Crippen LogP contribution in [-0.4, -0.2) is 34.3 Å². The Labute approximate surface area is 195 Å². The van der Waals surface area contributed by atoms with Crippen molar-refractivity contribution in [1.29, 1.82) is 0 Å². The molecule has 0 saturated carbocycles. The van der Waals surface area contributed by atoms with E-state index in [1.165, 1.54) is 29.8 Å². The summed E-state index contributed by atoms with van der Waals surface area (Å²) in [6.45, 7) is 0.924. The molecule has 3 heterocycles. The number of thiazole rings is 1. The number of halogens is 3. The number of H-pyrrole nitrogens is 1. The highest BCUT2D eigenvalue weighted by Gasteiger charge is 2.30. The smallest absolute Gasteiger partial charge is 0.416 e. The number of nitrogens with one attached hydrogen (secondary N) is 2. The van der Waals surface area contributed by atoms with Gasteiger partial charge in [-0.3, -0.25) is 15.2 Å². The monoisotopic (exact) mass is 486 g/mol. The Hall–Kier alpha value is -3.86. The van der Waals surface area contributed by atoms with Gasteiger partial charge in [0.25, 0.3) is 5.91 Å². The molecule has 11 heteroatoms. The average Bonchev–Trinajstić information content (AvgIpc) is 3.48. The second-order valence-electron chi connectivity index (χ2n) is 7.48. The largest absolute Gasteiger partial charge is 0.486 e. The van der Waals surface area contributed by atoms with Crippen molar-refractivity contribution in [2.45, 2.75) is 12.6 Å². The van der Waals surface area contributed by atoms with E-state index < -0.39 is 17.6 Å². The van der Waals surface area contributed by atoms with Crippen molar-refractivity contribution in [3.63, 3.8) is 0 Å². The van der Waals surface area contributed by atoms with Crippen molar-refractivity contribution in [1.82, 2.24) is 15.2 Å². The number of rotatable bonds is 5. The first kappa shape index (κ1) is 22.0. The summed E-state index contributed by atoms with van der Waals surface area (Å²) < 4.78 is 50.0. The van der Waals surface area contributed by atoms with Crippen LogP contribution >= 0.6 is 11.3 Å². The van der Waals surface area contributed by atoms with Crippen LogP contribution in [0.1, 0.15) is 26.4 Å². The number of alkyl halides is 3. The lowest BCUT2D eigenvalue weighted by molar-refractivity contribution is -0.137. The van der Waals surface area contributed by atoms with Crippen LogP contribution in [0.3, 0.4) is 0 Å². The van der Waals surface area contributed by atoms with E-state index in [9.17, 15) is 18.0 Å². The maximum absolute atomic E-state index is 12.9. The Morgan fingerprint density at radius 1 is 1.09 bits per heavy atom. The minimum atomic E-state index is -4.40. The van der Waals surface area contributed by atoms with Gasteiger partial charge in [-0.15, -0.1) is 11.3 Å². The standard InChI is InChI=1S/C23H17F3N4O3S/c24-23(25,26)15-3-1-2-13(8-15)9-16-11-27-22(34-16)29-21(31)17-12-28-30-20(17)14-4-5-18-19(10-14)33-7-6-32-18/h1-5,8,10-12H,6-7,9H2,(H,28,30)(H,27,29,31). The van der Waals surface area contributed by atoms with Crippen LogP contribution in [-0.2, 0) is 12.6 Å².